The molecule has 0 fully saturated rings. The summed E-state index contributed by atoms with van der Waals surface area (Å²) >= 11 is 0. The van der Waals surface area contributed by atoms with E-state index in [0.717, 1.165) is 5.56 Å². The largest absolute Gasteiger partial charge is 0.497 e. The van der Waals surface area contributed by atoms with Gasteiger partial charge in [0.2, 0.25) is 0 Å². The van der Waals surface area contributed by atoms with Crippen LogP contribution in [0.15, 0.2) is 41.0 Å². The van der Waals surface area contributed by atoms with E-state index in [0.29, 0.717) is 23.3 Å². The second-order valence-corrected chi connectivity index (χ2v) is 5.68. The van der Waals surface area contributed by atoms with E-state index in [-0.39, 0.29) is 17.5 Å². The van der Waals surface area contributed by atoms with Gasteiger partial charge in [-0.2, -0.15) is 5.26 Å². The van der Waals surface area contributed by atoms with E-state index in [1.807, 2.05) is 25.1 Å². The zero-order valence-electron chi connectivity index (χ0n) is 14.3. The Balaban J connectivity index is 2.55. The van der Waals surface area contributed by atoms with Gasteiger partial charge in [-0.25, -0.2) is 0 Å². The van der Waals surface area contributed by atoms with Gasteiger partial charge in [0.05, 0.1) is 7.11 Å². The fraction of sp³-hybridized carbons (Fsp3) is 0.316. The van der Waals surface area contributed by atoms with Crippen molar-refractivity contribution >= 4 is 17.9 Å². The normalized spacial score (nSPS) is 18.0. The third kappa shape index (κ3) is 3.09. The fourth-order valence-electron chi connectivity index (χ4n) is 2.55. The Kier molecular flexibility index (Phi) is 5.20. The van der Waals surface area contributed by atoms with Crippen molar-refractivity contribution in [3.63, 3.8) is 0 Å². The van der Waals surface area contributed by atoms with Crippen molar-refractivity contribution in [2.45, 2.75) is 33.2 Å². The van der Waals surface area contributed by atoms with Crippen molar-refractivity contribution in [2.24, 2.45) is 0 Å². The third-order valence-corrected chi connectivity index (χ3v) is 4.23. The first kappa shape index (κ1) is 17.5. The molecule has 0 saturated heterocycles. The number of imide groups is 1. The van der Waals surface area contributed by atoms with Crippen LogP contribution in [0.4, 0.5) is 0 Å². The maximum atomic E-state index is 12.8. The molecule has 1 unspecified atom stereocenters. The molecule has 2 rings (SSSR count). The van der Waals surface area contributed by atoms with Crippen LogP contribution in [-0.4, -0.2) is 29.9 Å². The summed E-state index contributed by atoms with van der Waals surface area (Å²) in [5, 5.41) is 9.33. The van der Waals surface area contributed by atoms with Crippen LogP contribution in [0.2, 0.25) is 0 Å². The molecule has 124 valence electrons. The number of amides is 2. The summed E-state index contributed by atoms with van der Waals surface area (Å²) in [4.78, 5) is 26.4. The molecule has 0 saturated carbocycles. The Bertz CT molecular complexity index is 767. The van der Waals surface area contributed by atoms with Crippen molar-refractivity contribution in [3.8, 4) is 11.8 Å². The molecule has 2 amide bonds. The number of hydrogen-bond acceptors (Lipinski definition) is 4. The van der Waals surface area contributed by atoms with Gasteiger partial charge in [-0.1, -0.05) is 19.1 Å². The highest BCUT2D eigenvalue weighted by Crippen LogP contribution is 2.29. The topological polar surface area (TPSA) is 70.4 Å². The molecule has 1 aromatic rings. The van der Waals surface area contributed by atoms with Crippen LogP contribution in [0.3, 0.4) is 0 Å². The van der Waals surface area contributed by atoms with Gasteiger partial charge < -0.3 is 4.74 Å². The van der Waals surface area contributed by atoms with Crippen molar-refractivity contribution in [1.29, 1.82) is 5.26 Å². The molecule has 0 spiro atoms. The quantitative estimate of drug-likeness (QED) is 0.630. The summed E-state index contributed by atoms with van der Waals surface area (Å²) in [6.07, 6.45) is 2.33. The van der Waals surface area contributed by atoms with Gasteiger partial charge in [0.25, 0.3) is 11.8 Å². The average Bonchev–Trinajstić information content (AvgIpc) is 2.59. The number of rotatable bonds is 4. The van der Waals surface area contributed by atoms with Crippen molar-refractivity contribution in [1.82, 2.24) is 4.90 Å². The number of methoxy groups -OCH3 is 1. The van der Waals surface area contributed by atoms with Gasteiger partial charge in [0.1, 0.15) is 17.4 Å². The van der Waals surface area contributed by atoms with Crippen molar-refractivity contribution in [3.05, 3.63) is 46.5 Å². The van der Waals surface area contributed by atoms with Crippen LogP contribution in [0, 0.1) is 11.3 Å². The van der Waals surface area contributed by atoms with Crippen LogP contribution in [0.1, 0.15) is 32.8 Å². The second kappa shape index (κ2) is 7.14. The Labute approximate surface area is 141 Å². The van der Waals surface area contributed by atoms with Crippen molar-refractivity contribution < 1.29 is 14.3 Å². The maximum Gasteiger partial charge on any atom is 0.271 e. The number of nitriles is 1. The minimum Gasteiger partial charge on any atom is -0.497 e. The SMILES string of the molecule is CCC(C)N1C(=O)C(C#N)=C(C)/C(=C\c2ccc(OC)cc2)C1=O. The van der Waals surface area contributed by atoms with Gasteiger partial charge in [0, 0.05) is 11.6 Å². The monoisotopic (exact) mass is 324 g/mol. The van der Waals surface area contributed by atoms with E-state index >= 15 is 0 Å². The molecule has 0 N–H and O–H groups in total. The smallest absolute Gasteiger partial charge is 0.271 e. The first-order chi connectivity index (χ1) is 11.4. The molecule has 0 radical (unpaired) electrons. The molecule has 1 aromatic carbocycles. The first-order valence-electron chi connectivity index (χ1n) is 7.79. The summed E-state index contributed by atoms with van der Waals surface area (Å²) < 4.78 is 5.12. The molecule has 0 bridgehead atoms. The Morgan fingerprint density at radius 3 is 2.38 bits per heavy atom. The molecular formula is C19H20N2O3. The average molecular weight is 324 g/mol. The number of ether oxygens (including phenoxy) is 1. The molecule has 1 aliphatic rings. The van der Waals surface area contributed by atoms with Crippen LogP contribution < -0.4 is 4.74 Å². The molecular weight excluding hydrogens is 304 g/mol. The lowest BCUT2D eigenvalue weighted by atomic mass is 9.92. The van der Waals surface area contributed by atoms with E-state index in [2.05, 4.69) is 0 Å². The standard InChI is InChI=1S/C19H20N2O3/c1-5-12(2)21-18(22)16(13(3)17(11-20)19(21)23)10-14-6-8-15(24-4)9-7-14/h6-10,12H,5H2,1-4H3/b16-10+. The summed E-state index contributed by atoms with van der Waals surface area (Å²) in [6.45, 7) is 5.34. The van der Waals surface area contributed by atoms with E-state index in [1.54, 1.807) is 39.2 Å². The molecule has 1 heterocycles. The minimum atomic E-state index is -0.513. The fourth-order valence-corrected chi connectivity index (χ4v) is 2.55. The number of carbonyl (C=O) groups excluding carboxylic acids is 2. The summed E-state index contributed by atoms with van der Waals surface area (Å²) in [6, 6.07) is 8.91. The third-order valence-electron chi connectivity index (χ3n) is 4.23. The predicted molar refractivity (Wildman–Crippen MR) is 90.9 cm³/mol. The molecule has 5 nitrogen and oxygen atoms in total. The van der Waals surface area contributed by atoms with Gasteiger partial charge >= 0.3 is 0 Å². The lowest BCUT2D eigenvalue weighted by Crippen LogP contribution is -2.47. The summed E-state index contributed by atoms with van der Waals surface area (Å²) in [5.74, 6) is -0.156. The molecule has 1 aliphatic heterocycles. The zero-order chi connectivity index (χ0) is 17.9. The Hall–Kier alpha value is -2.87. The first-order valence-corrected chi connectivity index (χ1v) is 7.79. The van der Waals surface area contributed by atoms with Crippen molar-refractivity contribution in [2.75, 3.05) is 7.11 Å². The van der Waals surface area contributed by atoms with E-state index in [9.17, 15) is 14.9 Å². The van der Waals surface area contributed by atoms with Crippen LogP contribution >= 0.6 is 0 Å². The molecule has 1 atom stereocenters. The molecule has 0 aromatic heterocycles. The number of nitrogens with zero attached hydrogens (tertiary/aromatic N) is 2. The minimum absolute atomic E-state index is 0.0228. The van der Waals surface area contributed by atoms with Gasteiger partial charge in [-0.3, -0.25) is 14.5 Å². The lowest BCUT2D eigenvalue weighted by molar-refractivity contribution is -0.142. The van der Waals surface area contributed by atoms with Gasteiger partial charge in [-0.15, -0.1) is 0 Å². The van der Waals surface area contributed by atoms with Crippen LogP contribution in [0.5, 0.6) is 5.75 Å². The van der Waals surface area contributed by atoms with Gasteiger partial charge in [-0.05, 0) is 49.6 Å². The maximum absolute atomic E-state index is 12.8. The van der Waals surface area contributed by atoms with Crippen LogP contribution in [0.25, 0.3) is 6.08 Å². The highest BCUT2D eigenvalue weighted by molar-refractivity contribution is 6.19. The van der Waals surface area contributed by atoms with E-state index < -0.39 is 5.91 Å². The predicted octanol–water partition coefficient (Wildman–Crippen LogP) is 3.09. The summed E-state index contributed by atoms with van der Waals surface area (Å²) in [7, 11) is 1.58. The van der Waals surface area contributed by atoms with Crippen LogP contribution in [-0.2, 0) is 9.59 Å². The number of benzene rings is 1. The van der Waals surface area contributed by atoms with E-state index in [1.165, 1.54) is 4.90 Å². The number of hydrogen-bond donors (Lipinski definition) is 0. The zero-order valence-corrected chi connectivity index (χ0v) is 14.3. The molecule has 24 heavy (non-hydrogen) atoms. The van der Waals surface area contributed by atoms with Gasteiger partial charge in [0.15, 0.2) is 0 Å². The highest BCUT2D eigenvalue weighted by atomic mass is 16.5. The van der Waals surface area contributed by atoms with E-state index in [4.69, 9.17) is 4.74 Å². The molecule has 0 aliphatic carbocycles. The summed E-state index contributed by atoms with van der Waals surface area (Å²) in [5.41, 5.74) is 1.61. The number of carbonyl (C=O) groups is 2. The lowest BCUT2D eigenvalue weighted by Gasteiger charge is -2.31. The Morgan fingerprint density at radius 2 is 1.88 bits per heavy atom. The Morgan fingerprint density at radius 1 is 1.25 bits per heavy atom. The second-order valence-electron chi connectivity index (χ2n) is 5.68. The highest BCUT2D eigenvalue weighted by Gasteiger charge is 2.37. The molecule has 5 heteroatoms.